The fraction of sp³-hybridized carbons (Fsp3) is 0.857. The summed E-state index contributed by atoms with van der Waals surface area (Å²) in [6, 6.07) is 0. The van der Waals surface area contributed by atoms with Gasteiger partial charge in [-0.2, -0.15) is 0 Å². The van der Waals surface area contributed by atoms with Crippen molar-refractivity contribution in [3.05, 3.63) is 0 Å². The summed E-state index contributed by atoms with van der Waals surface area (Å²) >= 11 is 0. The molecule has 1 aliphatic rings. The van der Waals surface area contributed by atoms with Crippen molar-refractivity contribution in [2.45, 2.75) is 25.9 Å². The minimum Gasteiger partial charge on any atom is -0.343 e. The number of carbonyl (C=O) groups is 1. The molecule has 1 amide bonds. The number of carbonyl (C=O) groups excluding carboxylic acids is 1. The van der Waals surface area contributed by atoms with Crippen molar-refractivity contribution < 1.29 is 4.79 Å². The third-order valence-corrected chi connectivity index (χ3v) is 2.03. The molecule has 1 N–H and O–H groups in total. The van der Waals surface area contributed by atoms with E-state index in [9.17, 15) is 4.79 Å². The summed E-state index contributed by atoms with van der Waals surface area (Å²) in [6.07, 6.45) is 3.41. The minimum atomic E-state index is 0.308. The van der Waals surface area contributed by atoms with Gasteiger partial charge in [0.15, 0.2) is 0 Å². The van der Waals surface area contributed by atoms with Gasteiger partial charge in [0, 0.05) is 6.54 Å². The van der Waals surface area contributed by atoms with E-state index in [1.54, 1.807) is 0 Å². The number of nitrogens with one attached hydrogen (secondary N) is 1. The summed E-state index contributed by atoms with van der Waals surface area (Å²) in [7, 11) is 0. The van der Waals surface area contributed by atoms with Crippen LogP contribution in [-0.4, -0.2) is 30.6 Å². The summed E-state index contributed by atoms with van der Waals surface area (Å²) in [5.41, 5.74) is 0. The molecule has 1 aliphatic heterocycles. The standard InChI is InChI=1S/C7H14N2O/c1-2-9-5-3-4-7(9)8-6-10/h6-7H,2-5H2,1H3,(H,8,10). The average Bonchev–Trinajstić information content (AvgIpc) is 2.36. The van der Waals surface area contributed by atoms with Crippen molar-refractivity contribution in [1.82, 2.24) is 10.2 Å². The van der Waals surface area contributed by atoms with Gasteiger partial charge in [0.2, 0.25) is 6.41 Å². The molecule has 58 valence electrons. The van der Waals surface area contributed by atoms with E-state index in [0.29, 0.717) is 6.17 Å². The second-order valence-electron chi connectivity index (χ2n) is 2.57. The normalized spacial score (nSPS) is 26.7. The molecule has 0 radical (unpaired) electrons. The maximum atomic E-state index is 10.1. The van der Waals surface area contributed by atoms with Crippen LogP contribution < -0.4 is 5.32 Å². The fourth-order valence-corrected chi connectivity index (χ4v) is 1.47. The zero-order valence-electron chi connectivity index (χ0n) is 6.34. The van der Waals surface area contributed by atoms with E-state index in [1.807, 2.05) is 0 Å². The lowest BCUT2D eigenvalue weighted by molar-refractivity contribution is -0.111. The predicted molar refractivity (Wildman–Crippen MR) is 39.5 cm³/mol. The first kappa shape index (κ1) is 7.54. The highest BCUT2D eigenvalue weighted by Crippen LogP contribution is 2.12. The molecule has 0 spiro atoms. The molecule has 0 saturated carbocycles. The second kappa shape index (κ2) is 3.56. The lowest BCUT2D eigenvalue weighted by atomic mass is 10.3. The molecular formula is C7H14N2O. The number of likely N-dealkylation sites (tertiary alicyclic amines) is 1. The lowest BCUT2D eigenvalue weighted by Gasteiger charge is -2.21. The quantitative estimate of drug-likeness (QED) is 0.570. The third kappa shape index (κ3) is 1.48. The molecule has 1 rings (SSSR count). The van der Waals surface area contributed by atoms with Crippen LogP contribution in [0.2, 0.25) is 0 Å². The van der Waals surface area contributed by atoms with Crippen molar-refractivity contribution in [3.63, 3.8) is 0 Å². The average molecular weight is 142 g/mol. The number of hydrogen-bond donors (Lipinski definition) is 1. The van der Waals surface area contributed by atoms with Gasteiger partial charge >= 0.3 is 0 Å². The van der Waals surface area contributed by atoms with Gasteiger partial charge in [-0.05, 0) is 19.4 Å². The van der Waals surface area contributed by atoms with Crippen LogP contribution in [-0.2, 0) is 4.79 Å². The zero-order valence-corrected chi connectivity index (χ0v) is 6.34. The number of amides is 1. The van der Waals surface area contributed by atoms with Crippen molar-refractivity contribution in [2.75, 3.05) is 13.1 Å². The first-order valence-corrected chi connectivity index (χ1v) is 3.82. The second-order valence-corrected chi connectivity index (χ2v) is 2.57. The molecule has 0 aromatic heterocycles. The van der Waals surface area contributed by atoms with Crippen molar-refractivity contribution in [1.29, 1.82) is 0 Å². The lowest BCUT2D eigenvalue weighted by Crippen LogP contribution is -2.40. The van der Waals surface area contributed by atoms with Gasteiger partial charge in [-0.25, -0.2) is 0 Å². The number of rotatable bonds is 3. The molecule has 1 atom stereocenters. The molecule has 10 heavy (non-hydrogen) atoms. The summed E-state index contributed by atoms with van der Waals surface area (Å²) < 4.78 is 0. The van der Waals surface area contributed by atoms with Crippen molar-refractivity contribution >= 4 is 6.41 Å². The van der Waals surface area contributed by atoms with E-state index in [1.165, 1.54) is 6.42 Å². The van der Waals surface area contributed by atoms with Crippen molar-refractivity contribution in [3.8, 4) is 0 Å². The van der Waals surface area contributed by atoms with Crippen LogP contribution >= 0.6 is 0 Å². The molecule has 1 unspecified atom stereocenters. The Hall–Kier alpha value is -0.570. The van der Waals surface area contributed by atoms with Crippen LogP contribution in [0.1, 0.15) is 19.8 Å². The molecule has 1 saturated heterocycles. The maximum absolute atomic E-state index is 10.1. The molecule has 1 fully saturated rings. The highest BCUT2D eigenvalue weighted by molar-refractivity contribution is 5.46. The van der Waals surface area contributed by atoms with Crippen LogP contribution in [0.5, 0.6) is 0 Å². The zero-order chi connectivity index (χ0) is 7.40. The Labute approximate surface area is 61.4 Å². The van der Waals surface area contributed by atoms with E-state index in [-0.39, 0.29) is 0 Å². The Morgan fingerprint density at radius 2 is 2.60 bits per heavy atom. The highest BCUT2D eigenvalue weighted by atomic mass is 16.1. The first-order valence-electron chi connectivity index (χ1n) is 3.82. The van der Waals surface area contributed by atoms with Gasteiger partial charge in [-0.15, -0.1) is 0 Å². The maximum Gasteiger partial charge on any atom is 0.208 e. The van der Waals surface area contributed by atoms with Crippen LogP contribution in [0.15, 0.2) is 0 Å². The monoisotopic (exact) mass is 142 g/mol. The molecule has 3 heteroatoms. The predicted octanol–water partition coefficient (Wildman–Crippen LogP) is 0.174. The smallest absolute Gasteiger partial charge is 0.208 e. The van der Waals surface area contributed by atoms with Gasteiger partial charge < -0.3 is 5.32 Å². The summed E-state index contributed by atoms with van der Waals surface area (Å²) in [5.74, 6) is 0. The molecule has 0 bridgehead atoms. The Kier molecular flexibility index (Phi) is 2.68. The summed E-state index contributed by atoms with van der Waals surface area (Å²) in [6.45, 7) is 4.28. The molecule has 0 aromatic carbocycles. The van der Waals surface area contributed by atoms with E-state index in [2.05, 4.69) is 17.1 Å². The molecule has 1 heterocycles. The first-order chi connectivity index (χ1) is 4.88. The third-order valence-electron chi connectivity index (χ3n) is 2.03. The van der Waals surface area contributed by atoms with E-state index in [4.69, 9.17) is 0 Å². The number of hydrogen-bond acceptors (Lipinski definition) is 2. The number of nitrogens with zero attached hydrogens (tertiary/aromatic N) is 1. The Morgan fingerprint density at radius 1 is 1.80 bits per heavy atom. The minimum absolute atomic E-state index is 0.308. The van der Waals surface area contributed by atoms with Gasteiger partial charge in [-0.3, -0.25) is 9.69 Å². The van der Waals surface area contributed by atoms with Gasteiger partial charge in [0.1, 0.15) is 0 Å². The van der Waals surface area contributed by atoms with E-state index < -0.39 is 0 Å². The largest absolute Gasteiger partial charge is 0.343 e. The Bertz CT molecular complexity index is 116. The van der Waals surface area contributed by atoms with Crippen LogP contribution in [0, 0.1) is 0 Å². The van der Waals surface area contributed by atoms with E-state index >= 15 is 0 Å². The Balaban J connectivity index is 2.34. The van der Waals surface area contributed by atoms with Gasteiger partial charge in [0.05, 0.1) is 6.17 Å². The van der Waals surface area contributed by atoms with Crippen molar-refractivity contribution in [2.24, 2.45) is 0 Å². The fourth-order valence-electron chi connectivity index (χ4n) is 1.47. The molecule has 0 aliphatic carbocycles. The summed E-state index contributed by atoms with van der Waals surface area (Å²) in [4.78, 5) is 12.4. The van der Waals surface area contributed by atoms with E-state index in [0.717, 1.165) is 25.9 Å². The molecule has 0 aromatic rings. The van der Waals surface area contributed by atoms with Crippen LogP contribution in [0.4, 0.5) is 0 Å². The summed E-state index contributed by atoms with van der Waals surface area (Å²) in [5, 5.41) is 2.79. The highest BCUT2D eigenvalue weighted by Gasteiger charge is 2.21. The topological polar surface area (TPSA) is 32.3 Å². The molecular weight excluding hydrogens is 128 g/mol. The van der Waals surface area contributed by atoms with Gasteiger partial charge in [0.25, 0.3) is 0 Å². The van der Waals surface area contributed by atoms with Crippen LogP contribution in [0.25, 0.3) is 0 Å². The SMILES string of the molecule is CCN1CCCC1NC=O. The molecule has 3 nitrogen and oxygen atoms in total. The van der Waals surface area contributed by atoms with Gasteiger partial charge in [-0.1, -0.05) is 6.92 Å². The Morgan fingerprint density at radius 3 is 3.20 bits per heavy atom. The van der Waals surface area contributed by atoms with Crippen LogP contribution in [0.3, 0.4) is 0 Å².